The van der Waals surface area contributed by atoms with Crippen LogP contribution in [0.2, 0.25) is 10.0 Å². The number of hydrogen-bond acceptors (Lipinski definition) is 6. The molecule has 1 heterocycles. The summed E-state index contributed by atoms with van der Waals surface area (Å²) in [6.07, 6.45) is 7.77. The fourth-order valence-corrected chi connectivity index (χ4v) is 6.29. The van der Waals surface area contributed by atoms with Crippen LogP contribution in [0.25, 0.3) is 10.4 Å². The molecule has 0 atom stereocenters. The molecule has 0 saturated heterocycles. The van der Waals surface area contributed by atoms with E-state index >= 15 is 0 Å². The predicted molar refractivity (Wildman–Crippen MR) is 140 cm³/mol. The molecule has 1 saturated carbocycles. The molecule has 1 aromatic heterocycles. The van der Waals surface area contributed by atoms with E-state index in [1.165, 1.54) is 55.3 Å². The molecule has 2 N–H and O–H groups in total. The van der Waals surface area contributed by atoms with Crippen LogP contribution in [0.1, 0.15) is 44.2 Å². The first-order valence-corrected chi connectivity index (χ1v) is 13.2. The van der Waals surface area contributed by atoms with Gasteiger partial charge in [-0.3, -0.25) is 0 Å². The standard InChI is InChI=1S/C24H27Cl2N3OS2/c1-15-23(31-24(27-15)28-18-7-5-3-4-6-8-18)16-9-12-21(30-2)22(13-16)32-29-20-11-10-17(25)14-19(20)26/h9-14,18,29H,3-8H2,1-2H3,(H,27,28). The molecular weight excluding hydrogens is 481 g/mol. The van der Waals surface area contributed by atoms with Crippen molar-refractivity contribution in [2.24, 2.45) is 0 Å². The highest BCUT2D eigenvalue weighted by molar-refractivity contribution is 8.00. The number of thiazole rings is 1. The fraction of sp³-hybridized carbons (Fsp3) is 0.375. The third-order valence-corrected chi connectivity index (χ3v) is 8.15. The molecule has 1 fully saturated rings. The molecule has 4 nitrogen and oxygen atoms in total. The van der Waals surface area contributed by atoms with Crippen LogP contribution in [-0.2, 0) is 0 Å². The number of nitrogens with zero attached hydrogens (tertiary/aromatic N) is 1. The van der Waals surface area contributed by atoms with Crippen LogP contribution in [0.5, 0.6) is 5.75 Å². The van der Waals surface area contributed by atoms with Crippen LogP contribution >= 0.6 is 46.5 Å². The second-order valence-corrected chi connectivity index (χ2v) is 10.7. The Bertz CT molecular complexity index is 1070. The smallest absolute Gasteiger partial charge is 0.183 e. The van der Waals surface area contributed by atoms with Gasteiger partial charge in [-0.15, -0.1) is 0 Å². The zero-order valence-corrected chi connectivity index (χ0v) is 21.4. The number of rotatable bonds is 7. The number of aromatic nitrogens is 1. The summed E-state index contributed by atoms with van der Waals surface area (Å²) < 4.78 is 8.89. The van der Waals surface area contributed by atoms with Gasteiger partial charge in [0, 0.05) is 11.1 Å². The quantitative estimate of drug-likeness (QED) is 0.247. The van der Waals surface area contributed by atoms with Crippen molar-refractivity contribution in [3.05, 3.63) is 52.1 Å². The Hall–Kier alpha value is -1.60. The Morgan fingerprint density at radius 3 is 2.56 bits per heavy atom. The minimum atomic E-state index is 0.534. The zero-order chi connectivity index (χ0) is 22.5. The van der Waals surface area contributed by atoms with E-state index in [0.717, 1.165) is 32.7 Å². The van der Waals surface area contributed by atoms with E-state index in [4.69, 9.17) is 32.9 Å². The Kier molecular flexibility index (Phi) is 8.11. The molecule has 4 rings (SSSR count). The number of ether oxygens (including phenoxy) is 1. The molecule has 32 heavy (non-hydrogen) atoms. The summed E-state index contributed by atoms with van der Waals surface area (Å²) in [4.78, 5) is 6.97. The number of aryl methyl sites for hydroxylation is 1. The Morgan fingerprint density at radius 1 is 1.06 bits per heavy atom. The lowest BCUT2D eigenvalue weighted by Gasteiger charge is -2.14. The van der Waals surface area contributed by atoms with Crippen molar-refractivity contribution >= 4 is 57.3 Å². The average Bonchev–Trinajstić information content (AvgIpc) is 2.96. The van der Waals surface area contributed by atoms with Gasteiger partial charge in [0.2, 0.25) is 0 Å². The number of anilines is 2. The molecule has 170 valence electrons. The molecule has 2 aromatic carbocycles. The number of methoxy groups -OCH3 is 1. The van der Waals surface area contributed by atoms with Crippen LogP contribution in [0.3, 0.4) is 0 Å². The monoisotopic (exact) mass is 507 g/mol. The van der Waals surface area contributed by atoms with Crippen molar-refractivity contribution in [2.75, 3.05) is 17.1 Å². The van der Waals surface area contributed by atoms with Crippen LogP contribution < -0.4 is 14.8 Å². The molecule has 0 radical (unpaired) electrons. The highest BCUT2D eigenvalue weighted by Crippen LogP contribution is 2.39. The lowest BCUT2D eigenvalue weighted by atomic mass is 10.1. The molecule has 0 unspecified atom stereocenters. The maximum Gasteiger partial charge on any atom is 0.183 e. The van der Waals surface area contributed by atoms with Crippen molar-refractivity contribution in [1.82, 2.24) is 4.98 Å². The van der Waals surface area contributed by atoms with Gasteiger partial charge < -0.3 is 14.8 Å². The summed E-state index contributed by atoms with van der Waals surface area (Å²) in [5, 5.41) is 5.89. The molecule has 1 aliphatic rings. The molecular formula is C24H27Cl2N3OS2. The largest absolute Gasteiger partial charge is 0.496 e. The summed E-state index contributed by atoms with van der Waals surface area (Å²) in [6, 6.07) is 12.2. The normalized spacial score (nSPS) is 14.8. The van der Waals surface area contributed by atoms with Crippen LogP contribution in [0.4, 0.5) is 10.8 Å². The molecule has 0 amide bonds. The van der Waals surface area contributed by atoms with Crippen LogP contribution in [-0.4, -0.2) is 18.1 Å². The maximum atomic E-state index is 6.31. The second-order valence-electron chi connectivity index (χ2n) is 7.96. The van der Waals surface area contributed by atoms with Gasteiger partial charge >= 0.3 is 0 Å². The number of halogens is 2. The summed E-state index contributed by atoms with van der Waals surface area (Å²) in [5.41, 5.74) is 2.97. The van der Waals surface area contributed by atoms with E-state index in [2.05, 4.69) is 29.1 Å². The van der Waals surface area contributed by atoms with E-state index in [-0.39, 0.29) is 0 Å². The first-order valence-electron chi connectivity index (χ1n) is 10.8. The van der Waals surface area contributed by atoms with Gasteiger partial charge in [-0.1, -0.05) is 60.2 Å². The first-order chi connectivity index (χ1) is 15.5. The predicted octanol–water partition coefficient (Wildman–Crippen LogP) is 8.69. The minimum Gasteiger partial charge on any atom is -0.496 e. The summed E-state index contributed by atoms with van der Waals surface area (Å²) in [6.45, 7) is 2.08. The minimum absolute atomic E-state index is 0.534. The van der Waals surface area contributed by atoms with E-state index < -0.39 is 0 Å². The Labute approximate surface area is 208 Å². The average molecular weight is 509 g/mol. The van der Waals surface area contributed by atoms with Crippen molar-refractivity contribution < 1.29 is 4.74 Å². The van der Waals surface area contributed by atoms with Crippen molar-refractivity contribution in [3.8, 4) is 16.2 Å². The molecule has 8 heteroatoms. The molecule has 0 aliphatic heterocycles. The third kappa shape index (κ3) is 5.84. The van der Waals surface area contributed by atoms with Gasteiger partial charge in [0.05, 0.1) is 33.3 Å². The third-order valence-electron chi connectivity index (χ3n) is 5.61. The van der Waals surface area contributed by atoms with Crippen molar-refractivity contribution in [1.29, 1.82) is 0 Å². The van der Waals surface area contributed by atoms with E-state index in [0.29, 0.717) is 16.1 Å². The lowest BCUT2D eigenvalue weighted by molar-refractivity contribution is 0.405. The molecule has 0 bridgehead atoms. The van der Waals surface area contributed by atoms with Gasteiger partial charge in [0.15, 0.2) is 5.13 Å². The summed E-state index contributed by atoms with van der Waals surface area (Å²) in [5.74, 6) is 0.801. The van der Waals surface area contributed by atoms with Crippen LogP contribution in [0, 0.1) is 6.92 Å². The second kappa shape index (κ2) is 11.0. The van der Waals surface area contributed by atoms with Gasteiger partial charge in [-0.2, -0.15) is 0 Å². The van der Waals surface area contributed by atoms with Crippen LogP contribution in [0.15, 0.2) is 41.3 Å². The number of nitrogens with one attached hydrogen (secondary N) is 2. The maximum absolute atomic E-state index is 6.31. The summed E-state index contributed by atoms with van der Waals surface area (Å²) >= 11 is 15.5. The van der Waals surface area contributed by atoms with Crippen molar-refractivity contribution in [3.63, 3.8) is 0 Å². The lowest BCUT2D eigenvalue weighted by Crippen LogP contribution is -2.17. The highest BCUT2D eigenvalue weighted by Gasteiger charge is 2.17. The van der Waals surface area contributed by atoms with Gasteiger partial charge in [0.25, 0.3) is 0 Å². The Balaban J connectivity index is 1.53. The van der Waals surface area contributed by atoms with Gasteiger partial charge in [0.1, 0.15) is 5.75 Å². The topological polar surface area (TPSA) is 46.2 Å². The Morgan fingerprint density at radius 2 is 1.84 bits per heavy atom. The van der Waals surface area contributed by atoms with Gasteiger partial charge in [-0.25, -0.2) is 4.98 Å². The number of hydrogen-bond donors (Lipinski definition) is 2. The molecule has 1 aliphatic carbocycles. The molecule has 3 aromatic rings. The molecule has 0 spiro atoms. The van der Waals surface area contributed by atoms with Crippen molar-refractivity contribution in [2.45, 2.75) is 56.4 Å². The first kappa shape index (κ1) is 23.6. The summed E-state index contributed by atoms with van der Waals surface area (Å²) in [7, 11) is 1.68. The SMILES string of the molecule is COc1ccc(-c2sc(NC3CCCCCC3)nc2C)cc1SNc1ccc(Cl)cc1Cl. The highest BCUT2D eigenvalue weighted by atomic mass is 35.5. The fourth-order valence-electron chi connectivity index (χ4n) is 3.90. The van der Waals surface area contributed by atoms with E-state index in [1.54, 1.807) is 24.5 Å². The zero-order valence-electron chi connectivity index (χ0n) is 18.2. The van der Waals surface area contributed by atoms with E-state index in [9.17, 15) is 0 Å². The number of benzene rings is 2. The van der Waals surface area contributed by atoms with E-state index in [1.807, 2.05) is 18.2 Å². The van der Waals surface area contributed by atoms with Gasteiger partial charge in [-0.05, 0) is 73.7 Å².